The van der Waals surface area contributed by atoms with Crippen LogP contribution < -0.4 is 5.32 Å². The van der Waals surface area contributed by atoms with Crippen molar-refractivity contribution in [1.82, 2.24) is 5.32 Å². The Morgan fingerprint density at radius 2 is 0.693 bits per heavy atom. The summed E-state index contributed by atoms with van der Waals surface area (Å²) in [5.41, 5.74) is 0. The highest BCUT2D eigenvalue weighted by Crippen LogP contribution is 2.33. The zero-order valence-electron chi connectivity index (χ0n) is 61.3. The van der Waals surface area contributed by atoms with Gasteiger partial charge in [-0.05, 0) is 109 Å². The second kappa shape index (κ2) is 60.9. The molecule has 3 rings (SSSR count). The SMILES string of the molecule is CC/C=C\C/C=C\C/C=C\C/C=C\C/C=C\C/C=C\C/C=C\C/C=C\C/C=C\CCCC(=O)NC(COC1OC(CO)C(OC2OC(CO)C(OC3OC(CO)C(O)C(O)C3O)C(O)C2O)C(O)C1O)C(O)/C=C/CC/C=C/CC/C=C/CCCCCCCCCCCCCCCCCCC. The number of rotatable bonds is 58. The van der Waals surface area contributed by atoms with Gasteiger partial charge < -0.3 is 89.9 Å². The highest BCUT2D eigenvalue weighted by Gasteiger charge is 2.53. The van der Waals surface area contributed by atoms with E-state index in [2.05, 4.69) is 147 Å². The summed E-state index contributed by atoms with van der Waals surface area (Å²) in [6.45, 7) is 1.55. The number of ether oxygens (including phenoxy) is 6. The van der Waals surface area contributed by atoms with Crippen molar-refractivity contribution in [3.8, 4) is 0 Å². The maximum Gasteiger partial charge on any atom is 0.220 e. The molecule has 0 aromatic rings. The minimum Gasteiger partial charge on any atom is -0.394 e. The minimum atomic E-state index is -2.00. The Morgan fingerprint density at radius 3 is 1.11 bits per heavy atom. The lowest BCUT2D eigenvalue weighted by Gasteiger charge is -2.48. The highest BCUT2D eigenvalue weighted by molar-refractivity contribution is 5.76. The van der Waals surface area contributed by atoms with Crippen molar-refractivity contribution >= 4 is 5.91 Å². The van der Waals surface area contributed by atoms with Crippen LogP contribution in [-0.4, -0.2) is 193 Å². The highest BCUT2D eigenvalue weighted by atomic mass is 16.8. The average Bonchev–Trinajstić information content (AvgIpc) is 0.796. The first-order valence-electron chi connectivity index (χ1n) is 38.6. The number of amides is 1. The van der Waals surface area contributed by atoms with Crippen molar-refractivity contribution < 1.29 is 89.4 Å². The van der Waals surface area contributed by atoms with Gasteiger partial charge in [-0.2, -0.15) is 0 Å². The van der Waals surface area contributed by atoms with Gasteiger partial charge >= 0.3 is 0 Å². The zero-order valence-corrected chi connectivity index (χ0v) is 61.3. The predicted octanol–water partition coefficient (Wildman–Crippen LogP) is 12.3. The first-order valence-corrected chi connectivity index (χ1v) is 38.6. The first-order chi connectivity index (χ1) is 49.3. The third-order valence-corrected chi connectivity index (χ3v) is 18.1. The number of aliphatic hydroxyl groups is 11. The molecule has 3 aliphatic heterocycles. The molecule has 17 atom stereocenters. The molecular weight excluding hydrogens is 1290 g/mol. The largest absolute Gasteiger partial charge is 0.394 e. The molecule has 0 saturated carbocycles. The van der Waals surface area contributed by atoms with Crippen LogP contribution in [0.4, 0.5) is 0 Å². The third-order valence-electron chi connectivity index (χ3n) is 18.1. The Morgan fingerprint density at radius 1 is 0.366 bits per heavy atom. The number of carbonyl (C=O) groups excluding carboxylic acids is 1. The Kier molecular flexibility index (Phi) is 54.8. The van der Waals surface area contributed by atoms with E-state index in [1.807, 2.05) is 12.2 Å². The van der Waals surface area contributed by atoms with Gasteiger partial charge in [0.2, 0.25) is 5.91 Å². The minimum absolute atomic E-state index is 0.142. The Labute approximate surface area is 606 Å². The normalized spacial score (nSPS) is 27.2. The van der Waals surface area contributed by atoms with E-state index in [9.17, 15) is 61.0 Å². The number of hydrogen-bond acceptors (Lipinski definition) is 18. The van der Waals surface area contributed by atoms with E-state index < -0.39 is 131 Å². The van der Waals surface area contributed by atoms with Crippen LogP contribution in [0.25, 0.3) is 0 Å². The Bertz CT molecular complexity index is 2400. The molecule has 17 unspecified atom stereocenters. The predicted molar refractivity (Wildman–Crippen MR) is 401 cm³/mol. The molecule has 3 heterocycles. The van der Waals surface area contributed by atoms with Crippen molar-refractivity contribution in [2.75, 3.05) is 26.4 Å². The monoisotopic (exact) mass is 1420 g/mol. The van der Waals surface area contributed by atoms with E-state index in [-0.39, 0.29) is 12.3 Å². The molecule has 3 fully saturated rings. The van der Waals surface area contributed by atoms with Crippen LogP contribution in [0.3, 0.4) is 0 Å². The number of allylic oxidation sites excluding steroid dienone is 23. The molecule has 0 radical (unpaired) electrons. The fourth-order valence-corrected chi connectivity index (χ4v) is 11.9. The molecule has 19 heteroatoms. The van der Waals surface area contributed by atoms with Gasteiger partial charge in [-0.1, -0.05) is 262 Å². The number of hydrogen-bond donors (Lipinski definition) is 12. The van der Waals surface area contributed by atoms with Crippen molar-refractivity contribution in [2.24, 2.45) is 0 Å². The van der Waals surface area contributed by atoms with E-state index in [1.54, 1.807) is 6.08 Å². The van der Waals surface area contributed by atoms with Crippen molar-refractivity contribution in [2.45, 2.75) is 336 Å². The van der Waals surface area contributed by atoms with E-state index in [1.165, 1.54) is 109 Å². The Hall–Kier alpha value is -4.33. The molecular formula is C82H135NO18. The molecule has 19 nitrogen and oxygen atoms in total. The summed E-state index contributed by atoms with van der Waals surface area (Å²) in [5.74, 6) is -0.352. The van der Waals surface area contributed by atoms with E-state index in [0.717, 1.165) is 83.5 Å². The lowest BCUT2D eigenvalue weighted by atomic mass is 9.96. The van der Waals surface area contributed by atoms with Crippen molar-refractivity contribution in [1.29, 1.82) is 0 Å². The van der Waals surface area contributed by atoms with Gasteiger partial charge in [-0.15, -0.1) is 0 Å². The molecule has 0 bridgehead atoms. The van der Waals surface area contributed by atoms with Gasteiger partial charge in [0.05, 0.1) is 38.6 Å². The summed E-state index contributed by atoms with van der Waals surface area (Å²) in [7, 11) is 0. The van der Waals surface area contributed by atoms with E-state index in [0.29, 0.717) is 19.3 Å². The van der Waals surface area contributed by atoms with Crippen LogP contribution in [0.15, 0.2) is 146 Å². The fraction of sp³-hybridized carbons (Fsp3) is 0.695. The fourth-order valence-electron chi connectivity index (χ4n) is 11.9. The third kappa shape index (κ3) is 41.2. The van der Waals surface area contributed by atoms with Gasteiger partial charge in [0.1, 0.15) is 73.2 Å². The van der Waals surface area contributed by atoms with Crippen LogP contribution in [0, 0.1) is 0 Å². The number of nitrogens with one attached hydrogen (secondary N) is 1. The van der Waals surface area contributed by atoms with Crippen molar-refractivity contribution in [3.63, 3.8) is 0 Å². The second-order valence-corrected chi connectivity index (χ2v) is 26.7. The van der Waals surface area contributed by atoms with Gasteiger partial charge in [-0.3, -0.25) is 4.79 Å². The summed E-state index contributed by atoms with van der Waals surface area (Å²) in [6, 6.07) is -1.04. The zero-order chi connectivity index (χ0) is 73.2. The summed E-state index contributed by atoms with van der Waals surface area (Å²) < 4.78 is 34.3. The van der Waals surface area contributed by atoms with Crippen LogP contribution >= 0.6 is 0 Å². The quantitative estimate of drug-likeness (QED) is 0.0199. The van der Waals surface area contributed by atoms with Gasteiger partial charge in [0.25, 0.3) is 0 Å². The van der Waals surface area contributed by atoms with Gasteiger partial charge in [0, 0.05) is 6.42 Å². The summed E-state index contributed by atoms with van der Waals surface area (Å²) in [5, 5.41) is 121. The lowest BCUT2D eigenvalue weighted by Crippen LogP contribution is -2.66. The topological polar surface area (TPSA) is 307 Å². The maximum absolute atomic E-state index is 13.4. The smallest absolute Gasteiger partial charge is 0.220 e. The van der Waals surface area contributed by atoms with Crippen LogP contribution in [-0.2, 0) is 33.2 Å². The maximum atomic E-state index is 13.4. The number of unbranched alkanes of at least 4 members (excludes halogenated alkanes) is 20. The molecule has 3 saturated heterocycles. The van der Waals surface area contributed by atoms with Crippen molar-refractivity contribution in [3.05, 3.63) is 146 Å². The molecule has 0 aromatic carbocycles. The molecule has 101 heavy (non-hydrogen) atoms. The van der Waals surface area contributed by atoms with E-state index in [4.69, 9.17) is 28.4 Å². The molecule has 12 N–H and O–H groups in total. The van der Waals surface area contributed by atoms with Crippen LogP contribution in [0.1, 0.15) is 232 Å². The summed E-state index contributed by atoms with van der Waals surface area (Å²) >= 11 is 0. The van der Waals surface area contributed by atoms with E-state index >= 15 is 0 Å². The molecule has 1 amide bonds. The van der Waals surface area contributed by atoms with Crippen LogP contribution in [0.2, 0.25) is 0 Å². The molecule has 0 spiro atoms. The first kappa shape index (κ1) is 90.9. The standard InChI is InChI=1S/C82H135NO18/c1-3-5-7-9-11-13-15-17-19-21-23-25-27-29-31-32-34-36-38-40-42-44-46-48-50-52-54-56-58-60-70(88)83-65(66(87)59-57-55-53-51-49-47-45-43-41-39-37-35-33-30-28-26-24-22-20-18-16-14-12-10-8-6-4-2)64-96-80-76(94)73(91)78(68(62-85)98-80)101-82-77(95)74(92)79(69(63-86)99-82)100-81-75(93)72(90)71(89)67(61-84)97-81/h5,7,11,13,17,19,23,25,29,31,34,36,40-43,46,48-49,51-52,54,57,59,65-69,71-82,84-87,89-95H,3-4,6,8-10,12,14-16,18,20-22,24,26-28,30,32-33,35,37-39,44-45,47,50,53,55-56,58,60-64H2,1-2H3,(H,83,88)/b7-5-,13-11-,19-17-,25-23-,31-29-,36-34-,42-40-,43-41+,48-46-,51-49+,54-52-,59-57+. The lowest BCUT2D eigenvalue weighted by molar-refractivity contribution is -0.379. The number of aliphatic hydroxyl groups excluding tert-OH is 11. The average molecular weight is 1420 g/mol. The molecule has 3 aliphatic rings. The summed E-state index contributed by atoms with van der Waals surface area (Å²) in [6.07, 6.45) is 61.2. The molecule has 576 valence electrons. The van der Waals surface area contributed by atoms with Gasteiger partial charge in [-0.25, -0.2) is 0 Å². The summed E-state index contributed by atoms with van der Waals surface area (Å²) in [4.78, 5) is 13.4. The second-order valence-electron chi connectivity index (χ2n) is 26.7. The molecule has 0 aliphatic carbocycles. The molecule has 0 aromatic heterocycles. The van der Waals surface area contributed by atoms with Crippen LogP contribution in [0.5, 0.6) is 0 Å². The number of carbonyl (C=O) groups is 1. The Balaban J connectivity index is 1.45. The van der Waals surface area contributed by atoms with Gasteiger partial charge in [0.15, 0.2) is 18.9 Å².